The largest absolute Gasteiger partial charge is 0.479 e. The number of nitrogen functional groups attached to an aromatic ring is 1. The Hall–Kier alpha value is -1.17. The second kappa shape index (κ2) is 5.79. The molecule has 1 aromatic rings. The van der Waals surface area contributed by atoms with Crippen LogP contribution in [0.1, 0.15) is 6.92 Å². The highest BCUT2D eigenvalue weighted by atomic mass is 32.2. The summed E-state index contributed by atoms with van der Waals surface area (Å²) in [6, 6.07) is 0.358. The number of thioether (sulfide) groups is 1. The molecule has 0 aliphatic rings. The molecule has 6 heteroatoms. The number of anilines is 2. The normalized spacial score (nSPS) is 12.2. The lowest BCUT2D eigenvalue weighted by atomic mass is 10.3. The summed E-state index contributed by atoms with van der Waals surface area (Å²) in [4.78, 5) is 10.2. The van der Waals surface area contributed by atoms with Crippen molar-refractivity contribution in [3.8, 4) is 5.88 Å². The maximum Gasteiger partial charge on any atom is 0.242 e. The van der Waals surface area contributed by atoms with Gasteiger partial charge >= 0.3 is 0 Å². The molecule has 0 bridgehead atoms. The van der Waals surface area contributed by atoms with Gasteiger partial charge in [0, 0.05) is 18.8 Å². The van der Waals surface area contributed by atoms with Crippen LogP contribution in [0.4, 0.5) is 11.5 Å². The molecule has 0 spiro atoms. The number of hydrogen-bond donors (Lipinski definition) is 1. The van der Waals surface area contributed by atoms with Crippen LogP contribution in [0.5, 0.6) is 5.88 Å². The summed E-state index contributed by atoms with van der Waals surface area (Å²) in [6.07, 6.45) is 3.54. The molecule has 0 fully saturated rings. The standard InChI is InChI=1S/C10H18N4OS/c1-7(5-16-4)14(2)9-8(11)10(15-3)13-6-12-9/h6-7H,5,11H2,1-4H3. The highest BCUT2D eigenvalue weighted by molar-refractivity contribution is 7.98. The van der Waals surface area contributed by atoms with Gasteiger partial charge in [0.15, 0.2) is 5.82 Å². The van der Waals surface area contributed by atoms with E-state index in [2.05, 4.69) is 23.1 Å². The molecule has 0 aliphatic carbocycles. The highest BCUT2D eigenvalue weighted by Crippen LogP contribution is 2.28. The van der Waals surface area contributed by atoms with Crippen LogP contribution in [0.15, 0.2) is 6.33 Å². The molecule has 1 aromatic heterocycles. The van der Waals surface area contributed by atoms with Crippen LogP contribution in [0.2, 0.25) is 0 Å². The van der Waals surface area contributed by atoms with Crippen molar-refractivity contribution in [1.29, 1.82) is 0 Å². The number of aromatic nitrogens is 2. The van der Waals surface area contributed by atoms with E-state index in [4.69, 9.17) is 10.5 Å². The molecule has 0 aromatic carbocycles. The fourth-order valence-electron chi connectivity index (χ4n) is 1.38. The molecule has 0 aliphatic heterocycles. The summed E-state index contributed by atoms with van der Waals surface area (Å²) in [5.41, 5.74) is 6.42. The highest BCUT2D eigenvalue weighted by Gasteiger charge is 2.16. The maximum absolute atomic E-state index is 5.93. The van der Waals surface area contributed by atoms with Crippen molar-refractivity contribution in [2.75, 3.05) is 36.8 Å². The van der Waals surface area contributed by atoms with E-state index in [0.29, 0.717) is 23.4 Å². The molecular weight excluding hydrogens is 224 g/mol. The first-order chi connectivity index (χ1) is 7.61. The van der Waals surface area contributed by atoms with Crippen LogP contribution < -0.4 is 15.4 Å². The Balaban J connectivity index is 2.94. The molecule has 16 heavy (non-hydrogen) atoms. The van der Waals surface area contributed by atoms with Gasteiger partial charge < -0.3 is 15.4 Å². The second-order valence-electron chi connectivity index (χ2n) is 3.54. The van der Waals surface area contributed by atoms with Crippen LogP contribution in [0.25, 0.3) is 0 Å². The predicted molar refractivity (Wildman–Crippen MR) is 69.2 cm³/mol. The van der Waals surface area contributed by atoms with Gasteiger partial charge in [-0.15, -0.1) is 0 Å². The molecule has 1 rings (SSSR count). The maximum atomic E-state index is 5.93. The van der Waals surface area contributed by atoms with Crippen molar-refractivity contribution in [3.63, 3.8) is 0 Å². The van der Waals surface area contributed by atoms with Crippen molar-refractivity contribution < 1.29 is 4.74 Å². The van der Waals surface area contributed by atoms with E-state index < -0.39 is 0 Å². The first-order valence-electron chi connectivity index (χ1n) is 4.98. The summed E-state index contributed by atoms with van der Waals surface area (Å²) < 4.78 is 5.07. The Morgan fingerprint density at radius 3 is 2.81 bits per heavy atom. The van der Waals surface area contributed by atoms with Crippen molar-refractivity contribution in [2.24, 2.45) is 0 Å². The summed E-state index contributed by atoms with van der Waals surface area (Å²) >= 11 is 1.79. The minimum atomic E-state index is 0.358. The van der Waals surface area contributed by atoms with Gasteiger partial charge in [-0.2, -0.15) is 16.7 Å². The summed E-state index contributed by atoms with van der Waals surface area (Å²) in [5, 5.41) is 0. The predicted octanol–water partition coefficient (Wildman–Crippen LogP) is 1.26. The minimum absolute atomic E-state index is 0.358. The van der Waals surface area contributed by atoms with Gasteiger partial charge in [-0.1, -0.05) is 0 Å². The number of nitrogens with two attached hydrogens (primary N) is 1. The third-order valence-corrected chi connectivity index (χ3v) is 3.24. The number of hydrogen-bond acceptors (Lipinski definition) is 6. The van der Waals surface area contributed by atoms with Gasteiger partial charge in [-0.25, -0.2) is 4.98 Å². The van der Waals surface area contributed by atoms with Crippen LogP contribution in [-0.2, 0) is 0 Å². The van der Waals surface area contributed by atoms with Gasteiger partial charge in [-0.3, -0.25) is 0 Å². The monoisotopic (exact) mass is 242 g/mol. The molecule has 0 saturated carbocycles. The van der Waals surface area contributed by atoms with Crippen LogP contribution in [-0.4, -0.2) is 42.2 Å². The Morgan fingerprint density at radius 1 is 1.56 bits per heavy atom. The molecule has 1 unspecified atom stereocenters. The van der Waals surface area contributed by atoms with Crippen molar-refractivity contribution in [1.82, 2.24) is 9.97 Å². The summed E-state index contributed by atoms with van der Waals surface area (Å²) in [7, 11) is 3.52. The average molecular weight is 242 g/mol. The molecule has 1 heterocycles. The van der Waals surface area contributed by atoms with Gasteiger partial charge in [0.2, 0.25) is 5.88 Å². The van der Waals surface area contributed by atoms with E-state index in [1.807, 2.05) is 11.9 Å². The van der Waals surface area contributed by atoms with E-state index >= 15 is 0 Å². The van der Waals surface area contributed by atoms with E-state index in [-0.39, 0.29) is 0 Å². The molecule has 5 nitrogen and oxygen atoms in total. The fourth-order valence-corrected chi connectivity index (χ4v) is 2.08. The first kappa shape index (κ1) is 12.9. The molecule has 90 valence electrons. The lowest BCUT2D eigenvalue weighted by molar-refractivity contribution is 0.399. The Kier molecular flexibility index (Phi) is 4.67. The lowest BCUT2D eigenvalue weighted by Crippen LogP contribution is -2.32. The second-order valence-corrected chi connectivity index (χ2v) is 4.45. The van der Waals surface area contributed by atoms with E-state index in [9.17, 15) is 0 Å². The number of ether oxygens (including phenoxy) is 1. The Morgan fingerprint density at radius 2 is 2.25 bits per heavy atom. The van der Waals surface area contributed by atoms with Gasteiger partial charge in [0.25, 0.3) is 0 Å². The molecule has 0 amide bonds. The Labute approximate surface area is 100 Å². The van der Waals surface area contributed by atoms with Gasteiger partial charge in [-0.05, 0) is 13.2 Å². The van der Waals surface area contributed by atoms with E-state index in [0.717, 1.165) is 5.75 Å². The zero-order valence-electron chi connectivity index (χ0n) is 10.1. The average Bonchev–Trinajstić information content (AvgIpc) is 2.29. The molecule has 1 atom stereocenters. The number of methoxy groups -OCH3 is 1. The number of nitrogens with zero attached hydrogens (tertiary/aromatic N) is 3. The van der Waals surface area contributed by atoms with Crippen molar-refractivity contribution >= 4 is 23.3 Å². The topological polar surface area (TPSA) is 64.3 Å². The van der Waals surface area contributed by atoms with Gasteiger partial charge in [0.05, 0.1) is 7.11 Å². The van der Waals surface area contributed by atoms with Crippen molar-refractivity contribution in [3.05, 3.63) is 6.33 Å². The molecule has 0 radical (unpaired) electrons. The lowest BCUT2D eigenvalue weighted by Gasteiger charge is -2.26. The van der Waals surface area contributed by atoms with Gasteiger partial charge in [0.1, 0.15) is 12.0 Å². The molecular formula is C10H18N4OS. The van der Waals surface area contributed by atoms with E-state index in [1.54, 1.807) is 18.9 Å². The third kappa shape index (κ3) is 2.69. The quantitative estimate of drug-likeness (QED) is 0.838. The first-order valence-corrected chi connectivity index (χ1v) is 6.37. The fraction of sp³-hybridized carbons (Fsp3) is 0.600. The molecule has 2 N–H and O–H groups in total. The van der Waals surface area contributed by atoms with Crippen molar-refractivity contribution in [2.45, 2.75) is 13.0 Å². The van der Waals surface area contributed by atoms with Crippen LogP contribution >= 0.6 is 11.8 Å². The minimum Gasteiger partial charge on any atom is -0.479 e. The third-order valence-electron chi connectivity index (χ3n) is 2.42. The van der Waals surface area contributed by atoms with E-state index in [1.165, 1.54) is 6.33 Å². The van der Waals surface area contributed by atoms with Crippen LogP contribution in [0.3, 0.4) is 0 Å². The zero-order valence-corrected chi connectivity index (χ0v) is 10.9. The Bertz CT molecular complexity index is 348. The number of rotatable bonds is 5. The summed E-state index contributed by atoms with van der Waals surface area (Å²) in [5.74, 6) is 2.16. The molecule has 0 saturated heterocycles. The summed E-state index contributed by atoms with van der Waals surface area (Å²) in [6.45, 7) is 2.13. The SMILES string of the molecule is COc1ncnc(N(C)C(C)CSC)c1N. The smallest absolute Gasteiger partial charge is 0.242 e. The zero-order chi connectivity index (χ0) is 12.1. The van der Waals surface area contributed by atoms with Crippen LogP contribution in [0, 0.1) is 0 Å².